The molecule has 1 aromatic carbocycles. The number of nitrogens with zero attached hydrogens (tertiary/aromatic N) is 3. The third kappa shape index (κ3) is 3.94. The normalized spacial score (nSPS) is 13.9. The number of nitrogens with one attached hydrogen (secondary N) is 2. The highest BCUT2D eigenvalue weighted by Gasteiger charge is 2.28. The van der Waals surface area contributed by atoms with Gasteiger partial charge in [-0.1, -0.05) is 30.7 Å². The van der Waals surface area contributed by atoms with Crippen molar-refractivity contribution in [2.24, 2.45) is 5.92 Å². The number of aromatic nitrogens is 3. The third-order valence-electron chi connectivity index (χ3n) is 6.29. The van der Waals surface area contributed by atoms with Crippen molar-refractivity contribution in [3.8, 4) is 0 Å². The van der Waals surface area contributed by atoms with Gasteiger partial charge in [0.25, 0.3) is 11.5 Å². The Hall–Kier alpha value is -3.65. The van der Waals surface area contributed by atoms with Crippen LogP contribution in [0, 0.1) is 12.8 Å². The van der Waals surface area contributed by atoms with Gasteiger partial charge < -0.3 is 15.2 Å². The summed E-state index contributed by atoms with van der Waals surface area (Å²) in [5.41, 5.74) is 2.42. The second kappa shape index (κ2) is 8.61. The molecule has 0 radical (unpaired) electrons. The predicted octanol–water partition coefficient (Wildman–Crippen LogP) is 3.25. The second-order valence-electron chi connectivity index (χ2n) is 8.92. The molecule has 8 nitrogen and oxygen atoms in total. The summed E-state index contributed by atoms with van der Waals surface area (Å²) in [7, 11) is 0. The lowest BCUT2D eigenvalue weighted by molar-refractivity contribution is -0.137. The summed E-state index contributed by atoms with van der Waals surface area (Å²) in [6.07, 6.45) is 3.55. The summed E-state index contributed by atoms with van der Waals surface area (Å²) in [6.45, 7) is 5.43. The molecule has 0 spiro atoms. The number of hydrogen-bond donors (Lipinski definition) is 2. The van der Waals surface area contributed by atoms with Crippen LogP contribution in [0.2, 0.25) is 5.02 Å². The Balaban J connectivity index is 1.56. The van der Waals surface area contributed by atoms with Gasteiger partial charge in [0.1, 0.15) is 17.8 Å². The highest BCUT2D eigenvalue weighted by molar-refractivity contribution is 6.30. The molecule has 0 unspecified atom stereocenters. The predicted molar refractivity (Wildman–Crippen MR) is 131 cm³/mol. The van der Waals surface area contributed by atoms with E-state index < -0.39 is 11.5 Å². The lowest BCUT2D eigenvalue weighted by Crippen LogP contribution is -2.50. The Morgan fingerprint density at radius 3 is 2.65 bits per heavy atom. The molecule has 3 aromatic heterocycles. The van der Waals surface area contributed by atoms with Gasteiger partial charge >= 0.3 is 0 Å². The highest BCUT2D eigenvalue weighted by Crippen LogP contribution is 2.25. The molecule has 2 N–H and O–H groups in total. The Morgan fingerprint density at radius 2 is 1.94 bits per heavy atom. The molecule has 34 heavy (non-hydrogen) atoms. The maximum absolute atomic E-state index is 13.4. The lowest BCUT2D eigenvalue weighted by Gasteiger charge is -2.37. The number of rotatable bonds is 5. The summed E-state index contributed by atoms with van der Waals surface area (Å²) in [4.78, 5) is 48.8. The van der Waals surface area contributed by atoms with E-state index >= 15 is 0 Å². The Labute approximate surface area is 200 Å². The average Bonchev–Trinajstić information content (AvgIpc) is 3.18. The van der Waals surface area contributed by atoms with E-state index in [4.69, 9.17) is 11.6 Å². The van der Waals surface area contributed by atoms with Crippen LogP contribution in [-0.4, -0.2) is 44.3 Å². The zero-order valence-electron chi connectivity index (χ0n) is 18.9. The maximum Gasteiger partial charge on any atom is 0.265 e. The molecular formula is C25H24ClN5O3. The minimum Gasteiger partial charge on any atom is -0.360 e. The molecule has 0 bridgehead atoms. The molecule has 2 amide bonds. The zero-order valence-corrected chi connectivity index (χ0v) is 19.6. The van der Waals surface area contributed by atoms with Gasteiger partial charge in [-0.15, -0.1) is 0 Å². The van der Waals surface area contributed by atoms with Crippen LogP contribution in [0.3, 0.4) is 0 Å². The molecule has 5 rings (SSSR count). The Morgan fingerprint density at radius 1 is 1.21 bits per heavy atom. The van der Waals surface area contributed by atoms with Crippen LogP contribution in [0.25, 0.3) is 21.9 Å². The fraction of sp³-hybridized carbons (Fsp3) is 0.280. The summed E-state index contributed by atoms with van der Waals surface area (Å²) in [5, 5.41) is 4.92. The van der Waals surface area contributed by atoms with Crippen molar-refractivity contribution < 1.29 is 9.59 Å². The molecule has 0 aliphatic carbocycles. The van der Waals surface area contributed by atoms with Crippen molar-refractivity contribution in [3.05, 3.63) is 74.8 Å². The van der Waals surface area contributed by atoms with E-state index in [-0.39, 0.29) is 24.6 Å². The minimum absolute atomic E-state index is 0.0344. The molecular weight excluding hydrogens is 454 g/mol. The number of likely N-dealkylation sites (tertiary alicyclic amines) is 1. The smallest absolute Gasteiger partial charge is 0.265 e. The molecule has 1 fully saturated rings. The van der Waals surface area contributed by atoms with Crippen molar-refractivity contribution in [1.29, 1.82) is 0 Å². The SMILES string of the molecule is Cc1c[nH]c2c1cnc1c2cc(C(=O)NCc2ccc(Cl)cc2)c(=O)n1CC(=O)N1CC(C)C1. The average molecular weight is 478 g/mol. The number of H-pyrrole nitrogens is 1. The topological polar surface area (TPSA) is 100 Å². The number of carbonyl (C=O) groups is 2. The quantitative estimate of drug-likeness (QED) is 0.461. The van der Waals surface area contributed by atoms with Gasteiger partial charge in [-0.25, -0.2) is 4.98 Å². The van der Waals surface area contributed by atoms with Gasteiger partial charge in [0.2, 0.25) is 5.91 Å². The summed E-state index contributed by atoms with van der Waals surface area (Å²) >= 11 is 5.93. The van der Waals surface area contributed by atoms with E-state index in [1.807, 2.05) is 25.3 Å². The van der Waals surface area contributed by atoms with Crippen LogP contribution in [0.1, 0.15) is 28.4 Å². The standard InChI is InChI=1S/C25H24ClN5O3/c1-14-11-30(12-14)21(32)13-31-23-18(22-20(10-28-23)15(2)8-27-22)7-19(25(31)34)24(33)29-9-16-3-5-17(26)6-4-16/h3-8,10,14,27H,9,11-13H2,1-2H3,(H,29,33). The van der Waals surface area contributed by atoms with Crippen LogP contribution in [-0.2, 0) is 17.9 Å². The van der Waals surface area contributed by atoms with E-state index in [1.165, 1.54) is 4.57 Å². The number of benzene rings is 1. The second-order valence-corrected chi connectivity index (χ2v) is 9.35. The number of amides is 2. The molecule has 4 aromatic rings. The van der Waals surface area contributed by atoms with Gasteiger partial charge in [-0.3, -0.25) is 19.0 Å². The molecule has 1 aliphatic heterocycles. The van der Waals surface area contributed by atoms with E-state index in [9.17, 15) is 14.4 Å². The number of halogens is 1. The van der Waals surface area contributed by atoms with Gasteiger partial charge in [0, 0.05) is 47.8 Å². The first-order chi connectivity index (χ1) is 16.3. The number of aryl methyl sites for hydroxylation is 1. The molecule has 1 aliphatic rings. The number of pyridine rings is 2. The lowest BCUT2D eigenvalue weighted by atomic mass is 10.0. The van der Waals surface area contributed by atoms with Crippen molar-refractivity contribution in [3.63, 3.8) is 0 Å². The van der Waals surface area contributed by atoms with Gasteiger partial charge in [-0.05, 0) is 42.2 Å². The molecule has 0 saturated carbocycles. The largest absolute Gasteiger partial charge is 0.360 e. The summed E-state index contributed by atoms with van der Waals surface area (Å²) in [5.74, 6) is -0.229. The van der Waals surface area contributed by atoms with Crippen LogP contribution in [0.4, 0.5) is 0 Å². The minimum atomic E-state index is -0.543. The van der Waals surface area contributed by atoms with Crippen molar-refractivity contribution in [2.45, 2.75) is 26.9 Å². The van der Waals surface area contributed by atoms with E-state index in [0.29, 0.717) is 35.1 Å². The zero-order chi connectivity index (χ0) is 24.0. The van der Waals surface area contributed by atoms with Gasteiger partial charge in [0.15, 0.2) is 0 Å². The van der Waals surface area contributed by atoms with E-state index in [2.05, 4.69) is 22.2 Å². The highest BCUT2D eigenvalue weighted by atomic mass is 35.5. The number of aromatic amines is 1. The summed E-state index contributed by atoms with van der Waals surface area (Å²) in [6, 6.07) is 8.66. The number of hydrogen-bond acceptors (Lipinski definition) is 4. The van der Waals surface area contributed by atoms with Crippen LogP contribution in [0.15, 0.2) is 47.5 Å². The van der Waals surface area contributed by atoms with Crippen molar-refractivity contribution in [2.75, 3.05) is 13.1 Å². The monoisotopic (exact) mass is 477 g/mol. The molecule has 9 heteroatoms. The maximum atomic E-state index is 13.4. The fourth-order valence-corrected chi connectivity index (χ4v) is 4.48. The summed E-state index contributed by atoms with van der Waals surface area (Å²) < 4.78 is 1.31. The Kier molecular flexibility index (Phi) is 5.61. The van der Waals surface area contributed by atoms with Gasteiger partial charge in [0.05, 0.1) is 5.52 Å². The van der Waals surface area contributed by atoms with Crippen LogP contribution >= 0.6 is 11.6 Å². The van der Waals surface area contributed by atoms with Gasteiger partial charge in [-0.2, -0.15) is 0 Å². The fourth-order valence-electron chi connectivity index (χ4n) is 4.36. The molecule has 174 valence electrons. The molecule has 0 atom stereocenters. The van der Waals surface area contributed by atoms with Crippen LogP contribution in [0.5, 0.6) is 0 Å². The first-order valence-corrected chi connectivity index (χ1v) is 11.5. The Bertz CT molecular complexity index is 1480. The molecule has 4 heterocycles. The van der Waals surface area contributed by atoms with Crippen LogP contribution < -0.4 is 10.9 Å². The van der Waals surface area contributed by atoms with Crippen molar-refractivity contribution >= 4 is 45.4 Å². The van der Waals surface area contributed by atoms with E-state index in [0.717, 1.165) is 22.0 Å². The van der Waals surface area contributed by atoms with Crippen molar-refractivity contribution in [1.82, 2.24) is 24.8 Å². The van der Waals surface area contributed by atoms with E-state index in [1.54, 1.807) is 29.3 Å². The third-order valence-corrected chi connectivity index (χ3v) is 6.55. The first-order valence-electron chi connectivity index (χ1n) is 11.1. The number of carbonyl (C=O) groups excluding carboxylic acids is 2. The first kappa shape index (κ1) is 22.2. The number of fused-ring (bicyclic) bond motifs is 3. The molecule has 1 saturated heterocycles.